The lowest BCUT2D eigenvalue weighted by Gasteiger charge is -2.13. The van der Waals surface area contributed by atoms with E-state index in [1.165, 1.54) is 12.8 Å². The molecular formula is C18H22N4O. The van der Waals surface area contributed by atoms with E-state index in [0.717, 1.165) is 29.7 Å². The standard InChI is InChI=1S/C18H22N4O/c1-12-6-5-7-13(2)16(12)22-18-19-10-14(11-20-18)17(23)21-15-8-3-4-9-15/h5-7,10-11,15H,3-4,8-9H2,1-2H3,(H,21,23)(H,19,20,22). The van der Waals surface area contributed by atoms with Crippen LogP contribution >= 0.6 is 0 Å². The minimum atomic E-state index is -0.0875. The number of hydrogen-bond donors (Lipinski definition) is 2. The van der Waals surface area contributed by atoms with Crippen LogP contribution in [0.3, 0.4) is 0 Å². The smallest absolute Gasteiger partial charge is 0.254 e. The third-order valence-corrected chi connectivity index (χ3v) is 4.32. The van der Waals surface area contributed by atoms with Crippen LogP contribution in [0.25, 0.3) is 0 Å². The summed E-state index contributed by atoms with van der Waals surface area (Å²) in [4.78, 5) is 20.7. The fraction of sp³-hybridized carbons (Fsp3) is 0.389. The number of benzene rings is 1. The van der Waals surface area contributed by atoms with E-state index in [1.54, 1.807) is 12.4 Å². The molecule has 5 nitrogen and oxygen atoms in total. The molecule has 0 atom stereocenters. The number of hydrogen-bond acceptors (Lipinski definition) is 4. The lowest BCUT2D eigenvalue weighted by molar-refractivity contribution is 0.0937. The van der Waals surface area contributed by atoms with Gasteiger partial charge in [0.1, 0.15) is 0 Å². The minimum Gasteiger partial charge on any atom is -0.349 e. The number of nitrogens with one attached hydrogen (secondary N) is 2. The number of anilines is 2. The number of carbonyl (C=O) groups is 1. The number of aryl methyl sites for hydroxylation is 2. The molecule has 2 aromatic rings. The van der Waals surface area contributed by atoms with Crippen LogP contribution in [-0.2, 0) is 0 Å². The Bertz CT molecular complexity index is 670. The van der Waals surface area contributed by atoms with Gasteiger partial charge in [0.25, 0.3) is 5.91 Å². The van der Waals surface area contributed by atoms with Crippen LogP contribution in [0.4, 0.5) is 11.6 Å². The van der Waals surface area contributed by atoms with Crippen LogP contribution in [0, 0.1) is 13.8 Å². The Morgan fingerprint density at radius 3 is 2.30 bits per heavy atom. The molecule has 1 amide bonds. The first-order chi connectivity index (χ1) is 11.1. The van der Waals surface area contributed by atoms with Crippen molar-refractivity contribution in [3.05, 3.63) is 47.3 Å². The van der Waals surface area contributed by atoms with E-state index < -0.39 is 0 Å². The number of carbonyl (C=O) groups excluding carboxylic acids is 1. The zero-order valence-corrected chi connectivity index (χ0v) is 13.6. The Balaban J connectivity index is 1.68. The molecule has 3 rings (SSSR count). The van der Waals surface area contributed by atoms with Crippen molar-refractivity contribution in [1.29, 1.82) is 0 Å². The number of aromatic nitrogens is 2. The molecule has 0 aliphatic heterocycles. The van der Waals surface area contributed by atoms with Gasteiger partial charge in [-0.2, -0.15) is 0 Å². The maximum absolute atomic E-state index is 12.2. The van der Waals surface area contributed by atoms with Crippen molar-refractivity contribution in [2.24, 2.45) is 0 Å². The predicted octanol–water partition coefficient (Wildman–Crippen LogP) is 3.51. The SMILES string of the molecule is Cc1cccc(C)c1Nc1ncc(C(=O)NC2CCCC2)cn1. The highest BCUT2D eigenvalue weighted by molar-refractivity contribution is 5.93. The topological polar surface area (TPSA) is 66.9 Å². The van der Waals surface area contributed by atoms with Crippen LogP contribution in [0.15, 0.2) is 30.6 Å². The van der Waals surface area contributed by atoms with Crippen molar-refractivity contribution in [1.82, 2.24) is 15.3 Å². The second-order valence-electron chi connectivity index (χ2n) is 6.14. The van der Waals surface area contributed by atoms with Gasteiger partial charge in [-0.05, 0) is 37.8 Å². The Hall–Kier alpha value is -2.43. The molecule has 5 heteroatoms. The fourth-order valence-electron chi connectivity index (χ4n) is 2.97. The van der Waals surface area contributed by atoms with Crippen molar-refractivity contribution in [2.45, 2.75) is 45.6 Å². The van der Waals surface area contributed by atoms with Crippen molar-refractivity contribution in [3.8, 4) is 0 Å². The van der Waals surface area contributed by atoms with Crippen LogP contribution in [0.1, 0.15) is 47.2 Å². The normalized spacial score (nSPS) is 14.7. The third-order valence-electron chi connectivity index (χ3n) is 4.32. The molecule has 1 aliphatic rings. The first kappa shape index (κ1) is 15.5. The number of para-hydroxylation sites is 1. The highest BCUT2D eigenvalue weighted by Crippen LogP contribution is 2.22. The van der Waals surface area contributed by atoms with Crippen LogP contribution < -0.4 is 10.6 Å². The maximum atomic E-state index is 12.2. The molecule has 1 heterocycles. The zero-order chi connectivity index (χ0) is 16.2. The molecule has 120 valence electrons. The van der Waals surface area contributed by atoms with Crippen LogP contribution in [-0.4, -0.2) is 21.9 Å². The van der Waals surface area contributed by atoms with E-state index in [-0.39, 0.29) is 5.91 Å². The van der Waals surface area contributed by atoms with E-state index in [4.69, 9.17) is 0 Å². The number of rotatable bonds is 4. The lowest BCUT2D eigenvalue weighted by atomic mass is 10.1. The molecule has 0 radical (unpaired) electrons. The Morgan fingerprint density at radius 2 is 1.70 bits per heavy atom. The van der Waals surface area contributed by atoms with Gasteiger partial charge in [-0.3, -0.25) is 4.79 Å². The largest absolute Gasteiger partial charge is 0.349 e. The van der Waals surface area contributed by atoms with Crippen molar-refractivity contribution in [2.75, 3.05) is 5.32 Å². The average Bonchev–Trinajstić information content (AvgIpc) is 3.04. The summed E-state index contributed by atoms with van der Waals surface area (Å²) in [5.74, 6) is 0.412. The molecule has 0 unspecified atom stereocenters. The van der Waals surface area contributed by atoms with Crippen molar-refractivity contribution in [3.63, 3.8) is 0 Å². The molecule has 23 heavy (non-hydrogen) atoms. The molecule has 0 spiro atoms. The quantitative estimate of drug-likeness (QED) is 0.907. The summed E-state index contributed by atoms with van der Waals surface area (Å²) >= 11 is 0. The molecule has 1 saturated carbocycles. The summed E-state index contributed by atoms with van der Waals surface area (Å²) in [6.07, 6.45) is 7.68. The van der Waals surface area contributed by atoms with E-state index in [2.05, 4.69) is 20.6 Å². The molecule has 1 fully saturated rings. The Kier molecular flexibility index (Phi) is 4.55. The van der Waals surface area contributed by atoms with Gasteiger partial charge in [0.2, 0.25) is 5.95 Å². The van der Waals surface area contributed by atoms with E-state index in [9.17, 15) is 4.79 Å². The summed E-state index contributed by atoms with van der Waals surface area (Å²) in [6, 6.07) is 6.40. The summed E-state index contributed by atoms with van der Waals surface area (Å²) in [5.41, 5.74) is 3.79. The van der Waals surface area contributed by atoms with Gasteiger partial charge in [-0.15, -0.1) is 0 Å². The zero-order valence-electron chi connectivity index (χ0n) is 13.6. The van der Waals surface area contributed by atoms with Gasteiger partial charge in [0, 0.05) is 24.1 Å². The first-order valence-electron chi connectivity index (χ1n) is 8.09. The maximum Gasteiger partial charge on any atom is 0.254 e. The van der Waals surface area contributed by atoms with Gasteiger partial charge in [0.05, 0.1) is 5.56 Å². The molecule has 1 aliphatic carbocycles. The van der Waals surface area contributed by atoms with Gasteiger partial charge < -0.3 is 10.6 Å². The monoisotopic (exact) mass is 310 g/mol. The van der Waals surface area contributed by atoms with Gasteiger partial charge in [-0.25, -0.2) is 9.97 Å². The average molecular weight is 310 g/mol. The van der Waals surface area contributed by atoms with Crippen LogP contribution in [0.2, 0.25) is 0 Å². The Labute approximate surface area is 136 Å². The van der Waals surface area contributed by atoms with Gasteiger partial charge in [0.15, 0.2) is 0 Å². The number of amides is 1. The second-order valence-corrected chi connectivity index (χ2v) is 6.14. The summed E-state index contributed by atoms with van der Waals surface area (Å²) < 4.78 is 0. The van der Waals surface area contributed by atoms with Crippen molar-refractivity contribution < 1.29 is 4.79 Å². The summed E-state index contributed by atoms with van der Waals surface area (Å²) in [5, 5.41) is 6.27. The molecule has 1 aromatic heterocycles. The third kappa shape index (κ3) is 3.67. The molecule has 2 N–H and O–H groups in total. The van der Waals surface area contributed by atoms with E-state index in [0.29, 0.717) is 17.6 Å². The molecule has 1 aromatic carbocycles. The minimum absolute atomic E-state index is 0.0875. The number of nitrogens with zero attached hydrogens (tertiary/aromatic N) is 2. The first-order valence-corrected chi connectivity index (χ1v) is 8.09. The van der Waals surface area contributed by atoms with E-state index in [1.807, 2.05) is 32.0 Å². The molecule has 0 bridgehead atoms. The van der Waals surface area contributed by atoms with Gasteiger partial charge >= 0.3 is 0 Å². The molecule has 0 saturated heterocycles. The molecular weight excluding hydrogens is 288 g/mol. The lowest BCUT2D eigenvalue weighted by Crippen LogP contribution is -2.32. The van der Waals surface area contributed by atoms with Gasteiger partial charge in [-0.1, -0.05) is 31.0 Å². The highest BCUT2D eigenvalue weighted by Gasteiger charge is 2.18. The van der Waals surface area contributed by atoms with Crippen LogP contribution in [0.5, 0.6) is 0 Å². The predicted molar refractivity (Wildman–Crippen MR) is 91.0 cm³/mol. The second kappa shape index (κ2) is 6.77. The van der Waals surface area contributed by atoms with E-state index >= 15 is 0 Å². The summed E-state index contributed by atoms with van der Waals surface area (Å²) in [6.45, 7) is 4.08. The highest BCUT2D eigenvalue weighted by atomic mass is 16.1. The Morgan fingerprint density at radius 1 is 1.09 bits per heavy atom. The van der Waals surface area contributed by atoms with Crippen molar-refractivity contribution >= 4 is 17.5 Å². The fourth-order valence-corrected chi connectivity index (χ4v) is 2.97. The summed E-state index contributed by atoms with van der Waals surface area (Å²) in [7, 11) is 0.